The second-order valence-electron chi connectivity index (χ2n) is 3.57. The molecule has 0 heterocycles. The van der Waals surface area contributed by atoms with Gasteiger partial charge in [-0.1, -0.05) is 33.6 Å². The molecule has 1 aromatic rings. The Labute approximate surface area is 111 Å². The van der Waals surface area contributed by atoms with Crippen molar-refractivity contribution in [1.82, 2.24) is 5.32 Å². The molecule has 0 aromatic heterocycles. The number of hydrogen-bond acceptors (Lipinski definition) is 1. The lowest BCUT2D eigenvalue weighted by Gasteiger charge is -2.06. The monoisotopic (exact) mass is 299 g/mol. The summed E-state index contributed by atoms with van der Waals surface area (Å²) in [5.41, 5.74) is 1.13. The molecule has 0 aliphatic carbocycles. The van der Waals surface area contributed by atoms with Crippen molar-refractivity contribution in [2.45, 2.75) is 25.8 Å². The Bertz CT molecular complexity index is 371. The Morgan fingerprint density at radius 2 is 2.19 bits per heavy atom. The highest BCUT2D eigenvalue weighted by Gasteiger charge is 1.99. The van der Waals surface area contributed by atoms with Gasteiger partial charge in [0.05, 0.1) is 0 Å². The van der Waals surface area contributed by atoms with Crippen molar-refractivity contribution in [2.24, 2.45) is 0 Å². The first kappa shape index (κ1) is 13.6. The Morgan fingerprint density at radius 3 is 2.88 bits per heavy atom. The van der Waals surface area contributed by atoms with Crippen LogP contribution < -0.4 is 5.32 Å². The highest BCUT2D eigenvalue weighted by atomic mass is 79.9. The van der Waals surface area contributed by atoms with Gasteiger partial charge in [-0.25, -0.2) is 0 Å². The lowest BCUT2D eigenvalue weighted by molar-refractivity contribution is 0.630. The highest BCUT2D eigenvalue weighted by Crippen LogP contribution is 2.21. The Kier molecular flexibility index (Phi) is 6.56. The number of unbranched alkanes of at least 4 members (excludes halogenated alkanes) is 2. The van der Waals surface area contributed by atoms with E-state index in [-0.39, 0.29) is 0 Å². The minimum atomic E-state index is 0.797. The summed E-state index contributed by atoms with van der Waals surface area (Å²) in [7, 11) is 0. The van der Waals surface area contributed by atoms with Gasteiger partial charge in [0.2, 0.25) is 0 Å². The average molecular weight is 301 g/mol. The molecule has 1 N–H and O–H groups in total. The van der Waals surface area contributed by atoms with Gasteiger partial charge in [0.1, 0.15) is 0 Å². The number of benzene rings is 1. The second-order valence-corrected chi connectivity index (χ2v) is 4.90. The Balaban J connectivity index is 2.25. The molecule has 86 valence electrons. The number of halogens is 2. The lowest BCUT2D eigenvalue weighted by atomic mass is 10.2. The van der Waals surface area contributed by atoms with E-state index in [1.165, 1.54) is 0 Å². The minimum Gasteiger partial charge on any atom is -0.313 e. The van der Waals surface area contributed by atoms with Crippen LogP contribution in [-0.4, -0.2) is 6.54 Å². The molecule has 0 saturated heterocycles. The van der Waals surface area contributed by atoms with E-state index in [4.69, 9.17) is 18.0 Å². The zero-order valence-corrected chi connectivity index (χ0v) is 11.4. The molecule has 0 atom stereocenters. The van der Waals surface area contributed by atoms with Crippen LogP contribution in [0.4, 0.5) is 0 Å². The molecule has 1 rings (SSSR count). The van der Waals surface area contributed by atoms with Crippen LogP contribution in [0, 0.1) is 12.3 Å². The van der Waals surface area contributed by atoms with Gasteiger partial charge in [0.15, 0.2) is 0 Å². The van der Waals surface area contributed by atoms with Crippen LogP contribution in [0.3, 0.4) is 0 Å². The van der Waals surface area contributed by atoms with Gasteiger partial charge in [0.25, 0.3) is 0 Å². The summed E-state index contributed by atoms with van der Waals surface area (Å²) in [5.74, 6) is 2.64. The molecule has 0 bridgehead atoms. The molecule has 1 nitrogen and oxygen atoms in total. The fourth-order valence-electron chi connectivity index (χ4n) is 1.37. The number of nitrogens with one attached hydrogen (secondary N) is 1. The molecule has 0 amide bonds. The van der Waals surface area contributed by atoms with Crippen LogP contribution in [0.5, 0.6) is 0 Å². The number of rotatable bonds is 6. The molecule has 0 fully saturated rings. The summed E-state index contributed by atoms with van der Waals surface area (Å²) in [4.78, 5) is 0. The topological polar surface area (TPSA) is 12.0 Å². The van der Waals surface area contributed by atoms with Crippen molar-refractivity contribution in [3.05, 3.63) is 33.3 Å². The fourth-order valence-corrected chi connectivity index (χ4v) is 2.11. The normalized spacial score (nSPS) is 10.1. The fraction of sp³-hybridized carbons (Fsp3) is 0.385. The first-order valence-corrected chi connectivity index (χ1v) is 6.49. The van der Waals surface area contributed by atoms with E-state index in [0.717, 1.165) is 47.4 Å². The van der Waals surface area contributed by atoms with Crippen molar-refractivity contribution in [2.75, 3.05) is 6.54 Å². The van der Waals surface area contributed by atoms with Crippen LogP contribution in [0.2, 0.25) is 5.02 Å². The van der Waals surface area contributed by atoms with Gasteiger partial charge >= 0.3 is 0 Å². The van der Waals surface area contributed by atoms with Crippen molar-refractivity contribution >= 4 is 27.5 Å². The first-order valence-electron chi connectivity index (χ1n) is 5.32. The van der Waals surface area contributed by atoms with Gasteiger partial charge in [-0.3, -0.25) is 0 Å². The third-order valence-electron chi connectivity index (χ3n) is 2.26. The van der Waals surface area contributed by atoms with E-state index in [9.17, 15) is 0 Å². The van der Waals surface area contributed by atoms with Gasteiger partial charge in [-0.15, -0.1) is 12.3 Å². The summed E-state index contributed by atoms with van der Waals surface area (Å²) in [5, 5.41) is 4.15. The quantitative estimate of drug-likeness (QED) is 0.618. The molecule has 0 radical (unpaired) electrons. The van der Waals surface area contributed by atoms with E-state index in [0.29, 0.717) is 0 Å². The molecule has 0 saturated carbocycles. The van der Waals surface area contributed by atoms with Crippen LogP contribution in [0.25, 0.3) is 0 Å². The number of hydrogen-bond donors (Lipinski definition) is 1. The zero-order valence-electron chi connectivity index (χ0n) is 9.10. The molecule has 0 spiro atoms. The maximum atomic E-state index is 6.10. The second kappa shape index (κ2) is 7.73. The Hall–Kier alpha value is -0.490. The van der Waals surface area contributed by atoms with Gasteiger partial charge < -0.3 is 5.32 Å². The lowest BCUT2D eigenvalue weighted by Crippen LogP contribution is -2.14. The predicted octanol–water partition coefficient (Wildman–Crippen LogP) is 4.00. The summed E-state index contributed by atoms with van der Waals surface area (Å²) in [6, 6.07) is 5.94. The van der Waals surface area contributed by atoms with E-state index in [1.807, 2.05) is 18.2 Å². The third-order valence-corrected chi connectivity index (χ3v) is 3.10. The van der Waals surface area contributed by atoms with Crippen molar-refractivity contribution in [3.63, 3.8) is 0 Å². The standard InChI is InChI=1S/C13H15BrClN/c1-2-3-4-5-8-16-10-11-6-7-12(14)9-13(11)15/h1,6-7,9,16H,3-5,8,10H2. The molecule has 16 heavy (non-hydrogen) atoms. The van der Waals surface area contributed by atoms with Gasteiger partial charge in [-0.05, 0) is 37.1 Å². The Morgan fingerprint density at radius 1 is 1.38 bits per heavy atom. The predicted molar refractivity (Wildman–Crippen MR) is 73.5 cm³/mol. The molecular formula is C13H15BrClN. The van der Waals surface area contributed by atoms with Crippen molar-refractivity contribution < 1.29 is 0 Å². The van der Waals surface area contributed by atoms with Crippen LogP contribution in [-0.2, 0) is 6.54 Å². The zero-order chi connectivity index (χ0) is 11.8. The largest absolute Gasteiger partial charge is 0.313 e. The minimum absolute atomic E-state index is 0.797. The maximum absolute atomic E-state index is 6.10. The summed E-state index contributed by atoms with van der Waals surface area (Å²) >= 11 is 9.48. The first-order chi connectivity index (χ1) is 7.74. The summed E-state index contributed by atoms with van der Waals surface area (Å²) in [6.07, 6.45) is 8.23. The van der Waals surface area contributed by atoms with Crippen molar-refractivity contribution in [3.8, 4) is 12.3 Å². The molecule has 0 aliphatic rings. The van der Waals surface area contributed by atoms with Crippen LogP contribution >= 0.6 is 27.5 Å². The van der Waals surface area contributed by atoms with Gasteiger partial charge in [-0.2, -0.15) is 0 Å². The van der Waals surface area contributed by atoms with Crippen molar-refractivity contribution in [1.29, 1.82) is 0 Å². The van der Waals surface area contributed by atoms with Crippen LogP contribution in [0.1, 0.15) is 24.8 Å². The third kappa shape index (κ3) is 5.03. The van der Waals surface area contributed by atoms with Crippen LogP contribution in [0.15, 0.2) is 22.7 Å². The summed E-state index contributed by atoms with van der Waals surface area (Å²) < 4.78 is 1.01. The molecule has 0 unspecified atom stereocenters. The smallest absolute Gasteiger partial charge is 0.0462 e. The SMILES string of the molecule is C#CCCCCNCc1ccc(Br)cc1Cl. The number of terminal acetylenes is 1. The van der Waals surface area contributed by atoms with E-state index in [2.05, 4.69) is 27.2 Å². The average Bonchev–Trinajstić information content (AvgIpc) is 2.26. The summed E-state index contributed by atoms with van der Waals surface area (Å²) in [6.45, 7) is 1.79. The molecule has 1 aromatic carbocycles. The van der Waals surface area contributed by atoms with E-state index < -0.39 is 0 Å². The van der Waals surface area contributed by atoms with E-state index in [1.54, 1.807) is 0 Å². The van der Waals surface area contributed by atoms with Gasteiger partial charge in [0, 0.05) is 22.5 Å². The van der Waals surface area contributed by atoms with E-state index >= 15 is 0 Å². The molecule has 0 aliphatic heterocycles. The molecular weight excluding hydrogens is 286 g/mol. The highest BCUT2D eigenvalue weighted by molar-refractivity contribution is 9.10. The molecule has 3 heteroatoms. The maximum Gasteiger partial charge on any atom is 0.0462 e.